The molecule has 1 heterocycles. The number of nitrogens with one attached hydrogen (secondary N) is 1. The van der Waals surface area contributed by atoms with Crippen LogP contribution in [-0.4, -0.2) is 23.9 Å². The van der Waals surface area contributed by atoms with Gasteiger partial charge in [-0.25, -0.2) is 0 Å². The van der Waals surface area contributed by atoms with Gasteiger partial charge < -0.3 is 5.32 Å². The molecule has 1 saturated heterocycles. The maximum Gasteiger partial charge on any atom is 0.223 e. The largest absolute Gasteiger partial charge is 0.349 e. The molecule has 0 aromatic heterocycles. The number of carbonyl (C=O) groups excluding carboxylic acids is 1. The van der Waals surface area contributed by atoms with Crippen LogP contribution < -0.4 is 5.32 Å². The highest BCUT2D eigenvalue weighted by Gasteiger charge is 2.26. The van der Waals surface area contributed by atoms with Gasteiger partial charge >= 0.3 is 0 Å². The molecule has 0 radical (unpaired) electrons. The lowest BCUT2D eigenvalue weighted by atomic mass is 9.94. The van der Waals surface area contributed by atoms with E-state index in [9.17, 15) is 4.79 Å². The van der Waals surface area contributed by atoms with E-state index in [0.717, 1.165) is 44.5 Å². The highest BCUT2D eigenvalue weighted by molar-refractivity contribution is 6.42. The first-order valence-corrected chi connectivity index (χ1v) is 11.2. The monoisotopic (exact) mass is 432 g/mol. The second-order valence-electron chi connectivity index (χ2n) is 8.11. The molecule has 2 aromatic carbocycles. The number of rotatable bonds is 6. The average Bonchev–Trinajstić information content (AvgIpc) is 2.71. The van der Waals surface area contributed by atoms with Crippen molar-refractivity contribution < 1.29 is 4.79 Å². The number of carbonyl (C=O) groups is 1. The standard InChI is InChI=1S/C24H30Cl2N2O/c1-4-23(20-7-5-16(2)17(3)13-20)27-24(29)19-9-11-28(12-10-19)15-18-6-8-21(25)22(26)14-18/h5-8,13-14,19,23H,4,9-12,15H2,1-3H3,(H,27,29)/t23-/m1/s1. The van der Waals surface area contributed by atoms with Gasteiger partial charge in [-0.1, -0.05) is 54.4 Å². The Morgan fingerprint density at radius 1 is 1.07 bits per heavy atom. The zero-order valence-corrected chi connectivity index (χ0v) is 19.0. The Morgan fingerprint density at radius 3 is 2.41 bits per heavy atom. The van der Waals surface area contributed by atoms with E-state index in [-0.39, 0.29) is 17.9 Å². The van der Waals surface area contributed by atoms with Crippen LogP contribution in [0.5, 0.6) is 0 Å². The van der Waals surface area contributed by atoms with Crippen LogP contribution in [0.1, 0.15) is 54.5 Å². The number of hydrogen-bond donors (Lipinski definition) is 1. The smallest absolute Gasteiger partial charge is 0.223 e. The minimum Gasteiger partial charge on any atom is -0.349 e. The first kappa shape index (κ1) is 22.1. The first-order chi connectivity index (χ1) is 13.9. The predicted octanol–water partition coefficient (Wildman–Crippen LogP) is 6.09. The molecule has 2 aromatic rings. The average molecular weight is 433 g/mol. The fourth-order valence-corrected chi connectivity index (χ4v) is 4.26. The molecule has 0 aliphatic carbocycles. The third-order valence-electron chi connectivity index (χ3n) is 6.01. The Bertz CT molecular complexity index is 860. The summed E-state index contributed by atoms with van der Waals surface area (Å²) in [4.78, 5) is 15.3. The van der Waals surface area contributed by atoms with Gasteiger partial charge in [0, 0.05) is 12.5 Å². The molecule has 1 aliphatic heterocycles. The van der Waals surface area contributed by atoms with Crippen LogP contribution in [0.2, 0.25) is 10.0 Å². The number of nitrogens with zero attached hydrogens (tertiary/aromatic N) is 1. The van der Waals surface area contributed by atoms with Crippen molar-refractivity contribution in [1.82, 2.24) is 10.2 Å². The van der Waals surface area contributed by atoms with Crippen molar-refractivity contribution in [3.8, 4) is 0 Å². The predicted molar refractivity (Wildman–Crippen MR) is 122 cm³/mol. The number of aryl methyl sites for hydroxylation is 2. The zero-order valence-electron chi connectivity index (χ0n) is 17.5. The molecule has 1 fully saturated rings. The Hall–Kier alpha value is -1.55. The minimum atomic E-state index is 0.0797. The van der Waals surface area contributed by atoms with Crippen molar-refractivity contribution >= 4 is 29.1 Å². The van der Waals surface area contributed by atoms with Crippen molar-refractivity contribution in [2.24, 2.45) is 5.92 Å². The molecular formula is C24H30Cl2N2O. The van der Waals surface area contributed by atoms with Gasteiger partial charge in [0.1, 0.15) is 0 Å². The molecule has 1 aliphatic rings. The number of amides is 1. The van der Waals surface area contributed by atoms with Crippen LogP contribution in [0.25, 0.3) is 0 Å². The normalized spacial score (nSPS) is 16.6. The first-order valence-electron chi connectivity index (χ1n) is 10.4. The van der Waals surface area contributed by atoms with Crippen molar-refractivity contribution in [2.75, 3.05) is 13.1 Å². The van der Waals surface area contributed by atoms with Crippen LogP contribution in [0.4, 0.5) is 0 Å². The summed E-state index contributed by atoms with van der Waals surface area (Å²) in [5.41, 5.74) is 4.90. The van der Waals surface area contributed by atoms with Gasteiger partial charge in [0.15, 0.2) is 0 Å². The van der Waals surface area contributed by atoms with Gasteiger partial charge in [-0.15, -0.1) is 0 Å². The van der Waals surface area contributed by atoms with Crippen molar-refractivity contribution in [3.63, 3.8) is 0 Å². The summed E-state index contributed by atoms with van der Waals surface area (Å²) in [6.07, 6.45) is 2.66. The molecule has 1 amide bonds. The Labute approximate surface area is 184 Å². The summed E-state index contributed by atoms with van der Waals surface area (Å²) >= 11 is 12.1. The molecule has 156 valence electrons. The third-order valence-corrected chi connectivity index (χ3v) is 6.75. The third kappa shape index (κ3) is 5.75. The Kier molecular flexibility index (Phi) is 7.61. The second-order valence-corrected chi connectivity index (χ2v) is 8.93. The summed E-state index contributed by atoms with van der Waals surface area (Å²) in [6.45, 7) is 9.03. The molecule has 0 unspecified atom stereocenters. The molecule has 1 atom stereocenters. The highest BCUT2D eigenvalue weighted by atomic mass is 35.5. The van der Waals surface area contributed by atoms with E-state index in [1.165, 1.54) is 16.7 Å². The second kappa shape index (κ2) is 9.97. The Morgan fingerprint density at radius 2 is 1.79 bits per heavy atom. The SMILES string of the molecule is CC[C@@H](NC(=O)C1CCN(Cc2ccc(Cl)c(Cl)c2)CC1)c1ccc(C)c(C)c1. The van der Waals surface area contributed by atoms with Gasteiger partial charge in [-0.2, -0.15) is 0 Å². The van der Waals surface area contributed by atoms with E-state index in [2.05, 4.69) is 49.2 Å². The molecule has 3 rings (SSSR count). The lowest BCUT2D eigenvalue weighted by molar-refractivity contribution is -0.127. The molecule has 3 nitrogen and oxygen atoms in total. The number of likely N-dealkylation sites (tertiary alicyclic amines) is 1. The topological polar surface area (TPSA) is 32.3 Å². The Balaban J connectivity index is 1.53. The van der Waals surface area contributed by atoms with E-state index in [1.807, 2.05) is 18.2 Å². The molecule has 29 heavy (non-hydrogen) atoms. The van der Waals surface area contributed by atoms with Crippen LogP contribution in [-0.2, 0) is 11.3 Å². The van der Waals surface area contributed by atoms with Crippen LogP contribution in [0, 0.1) is 19.8 Å². The van der Waals surface area contributed by atoms with E-state index < -0.39 is 0 Å². The van der Waals surface area contributed by atoms with Crippen LogP contribution in [0.15, 0.2) is 36.4 Å². The summed E-state index contributed by atoms with van der Waals surface area (Å²) in [7, 11) is 0. The summed E-state index contributed by atoms with van der Waals surface area (Å²) in [6, 6.07) is 12.3. The zero-order chi connectivity index (χ0) is 21.0. The lowest BCUT2D eigenvalue weighted by Crippen LogP contribution is -2.41. The lowest BCUT2D eigenvalue weighted by Gasteiger charge is -2.32. The molecule has 0 saturated carbocycles. The number of benzene rings is 2. The van der Waals surface area contributed by atoms with E-state index >= 15 is 0 Å². The van der Waals surface area contributed by atoms with Gasteiger partial charge in [0.2, 0.25) is 5.91 Å². The van der Waals surface area contributed by atoms with Gasteiger partial charge in [-0.05, 0) is 80.6 Å². The molecule has 5 heteroatoms. The van der Waals surface area contributed by atoms with Crippen LogP contribution in [0.3, 0.4) is 0 Å². The fourth-order valence-electron chi connectivity index (χ4n) is 3.94. The van der Waals surface area contributed by atoms with E-state index in [0.29, 0.717) is 10.0 Å². The maximum atomic E-state index is 12.9. The molecule has 0 spiro atoms. The number of piperidine rings is 1. The van der Waals surface area contributed by atoms with E-state index in [4.69, 9.17) is 23.2 Å². The molecular weight excluding hydrogens is 403 g/mol. The van der Waals surface area contributed by atoms with E-state index in [1.54, 1.807) is 0 Å². The minimum absolute atomic E-state index is 0.0797. The summed E-state index contributed by atoms with van der Waals surface area (Å²) in [5, 5.41) is 4.46. The summed E-state index contributed by atoms with van der Waals surface area (Å²) in [5.74, 6) is 0.268. The fraction of sp³-hybridized carbons (Fsp3) is 0.458. The maximum absolute atomic E-state index is 12.9. The highest BCUT2D eigenvalue weighted by Crippen LogP contribution is 2.26. The van der Waals surface area contributed by atoms with Crippen molar-refractivity contribution in [1.29, 1.82) is 0 Å². The number of hydrogen-bond acceptors (Lipinski definition) is 2. The van der Waals surface area contributed by atoms with Gasteiger partial charge in [0.25, 0.3) is 0 Å². The van der Waals surface area contributed by atoms with Crippen LogP contribution >= 0.6 is 23.2 Å². The summed E-state index contributed by atoms with van der Waals surface area (Å²) < 4.78 is 0. The molecule has 0 bridgehead atoms. The van der Waals surface area contributed by atoms with Crippen molar-refractivity contribution in [3.05, 3.63) is 68.7 Å². The van der Waals surface area contributed by atoms with Gasteiger partial charge in [-0.3, -0.25) is 9.69 Å². The van der Waals surface area contributed by atoms with Gasteiger partial charge in [0.05, 0.1) is 16.1 Å². The van der Waals surface area contributed by atoms with Crippen molar-refractivity contribution in [2.45, 2.75) is 52.6 Å². The quantitative estimate of drug-likeness (QED) is 0.598. The molecule has 1 N–H and O–H groups in total. The number of halogens is 2.